The first-order valence-corrected chi connectivity index (χ1v) is 10.0. The summed E-state index contributed by atoms with van der Waals surface area (Å²) in [6.45, 7) is 12.0. The van der Waals surface area contributed by atoms with Crippen LogP contribution in [0.15, 0.2) is 54.6 Å². The molecular weight excluding hydrogens is 342 g/mol. The Kier molecular flexibility index (Phi) is 8.01. The van der Waals surface area contributed by atoms with Gasteiger partial charge in [0.15, 0.2) is 0 Å². The molecule has 0 spiro atoms. The van der Waals surface area contributed by atoms with Gasteiger partial charge in [-0.25, -0.2) is 0 Å². The molecule has 26 heavy (non-hydrogen) atoms. The standard InChI is InChI=1S/C22H31NO2S/c1-6-24-20-14-10-13-19(15-20)21(23-26-22(3,4)5)17(2)25-16-18-11-8-7-9-12-18/h7-15,17,21,23H,6,16H2,1-5H3/t17-,21+/m0/s1. The zero-order valence-corrected chi connectivity index (χ0v) is 17.3. The maximum absolute atomic E-state index is 6.19. The molecule has 0 bridgehead atoms. The zero-order chi connectivity index (χ0) is 19.0. The molecule has 142 valence electrons. The molecule has 2 aromatic rings. The van der Waals surface area contributed by atoms with E-state index in [2.05, 4.69) is 56.7 Å². The molecule has 0 unspecified atom stereocenters. The fraction of sp³-hybridized carbons (Fsp3) is 0.455. The fourth-order valence-corrected chi connectivity index (χ4v) is 3.35. The summed E-state index contributed by atoms with van der Waals surface area (Å²) in [5.74, 6) is 0.896. The van der Waals surface area contributed by atoms with Gasteiger partial charge >= 0.3 is 0 Å². The normalized spacial score (nSPS) is 14.0. The fourth-order valence-electron chi connectivity index (χ4n) is 2.54. The molecule has 0 aromatic heterocycles. The van der Waals surface area contributed by atoms with Gasteiger partial charge in [0.1, 0.15) is 5.75 Å². The predicted molar refractivity (Wildman–Crippen MR) is 112 cm³/mol. The molecule has 2 aromatic carbocycles. The number of benzene rings is 2. The summed E-state index contributed by atoms with van der Waals surface area (Å²) in [6.07, 6.45) is 0.0157. The molecule has 0 fully saturated rings. The predicted octanol–water partition coefficient (Wildman–Crippen LogP) is 5.77. The van der Waals surface area contributed by atoms with Crippen molar-refractivity contribution in [3.8, 4) is 5.75 Å². The summed E-state index contributed by atoms with van der Waals surface area (Å²) in [5.41, 5.74) is 2.36. The second kappa shape index (κ2) is 10.0. The summed E-state index contributed by atoms with van der Waals surface area (Å²) in [7, 11) is 0. The van der Waals surface area contributed by atoms with Gasteiger partial charge in [0.25, 0.3) is 0 Å². The molecule has 2 atom stereocenters. The molecule has 0 amide bonds. The van der Waals surface area contributed by atoms with Gasteiger partial charge < -0.3 is 9.47 Å². The average molecular weight is 374 g/mol. The van der Waals surface area contributed by atoms with Crippen LogP contribution in [-0.2, 0) is 11.3 Å². The van der Waals surface area contributed by atoms with E-state index in [9.17, 15) is 0 Å². The van der Waals surface area contributed by atoms with Gasteiger partial charge in [0.05, 0.1) is 25.4 Å². The van der Waals surface area contributed by atoms with E-state index in [-0.39, 0.29) is 16.9 Å². The van der Waals surface area contributed by atoms with Crippen molar-refractivity contribution in [1.82, 2.24) is 4.72 Å². The van der Waals surface area contributed by atoms with E-state index in [1.807, 2.05) is 37.3 Å². The van der Waals surface area contributed by atoms with E-state index in [0.29, 0.717) is 13.2 Å². The van der Waals surface area contributed by atoms with E-state index >= 15 is 0 Å². The van der Waals surface area contributed by atoms with E-state index in [1.165, 1.54) is 11.1 Å². The monoisotopic (exact) mass is 373 g/mol. The molecular formula is C22H31NO2S. The first-order chi connectivity index (χ1) is 12.4. The highest BCUT2D eigenvalue weighted by atomic mass is 32.2. The van der Waals surface area contributed by atoms with Crippen molar-refractivity contribution in [2.45, 2.75) is 58.1 Å². The maximum Gasteiger partial charge on any atom is 0.119 e. The molecule has 0 saturated heterocycles. The molecule has 4 heteroatoms. The van der Waals surface area contributed by atoms with Crippen molar-refractivity contribution >= 4 is 11.9 Å². The first-order valence-electron chi connectivity index (χ1n) is 9.21. The van der Waals surface area contributed by atoms with Crippen LogP contribution in [-0.4, -0.2) is 17.5 Å². The molecule has 0 aliphatic rings. The number of rotatable bonds is 9. The van der Waals surface area contributed by atoms with E-state index in [0.717, 1.165) is 5.75 Å². The third kappa shape index (κ3) is 7.02. The Morgan fingerprint density at radius 2 is 1.77 bits per heavy atom. The zero-order valence-electron chi connectivity index (χ0n) is 16.5. The van der Waals surface area contributed by atoms with E-state index in [4.69, 9.17) is 9.47 Å². The first kappa shape index (κ1) is 20.8. The largest absolute Gasteiger partial charge is 0.494 e. The average Bonchev–Trinajstić information content (AvgIpc) is 2.61. The Bertz CT molecular complexity index is 655. The Labute approximate surface area is 162 Å². The third-order valence-electron chi connectivity index (χ3n) is 3.85. The lowest BCUT2D eigenvalue weighted by atomic mass is 10.0. The highest BCUT2D eigenvalue weighted by molar-refractivity contribution is 7.98. The van der Waals surface area contributed by atoms with Crippen molar-refractivity contribution in [3.05, 3.63) is 65.7 Å². The second-order valence-corrected chi connectivity index (χ2v) is 8.98. The Morgan fingerprint density at radius 3 is 2.42 bits per heavy atom. The minimum Gasteiger partial charge on any atom is -0.494 e. The third-order valence-corrected chi connectivity index (χ3v) is 4.83. The minimum absolute atomic E-state index is 0.0157. The van der Waals surface area contributed by atoms with E-state index < -0.39 is 0 Å². The summed E-state index contributed by atoms with van der Waals surface area (Å²) in [4.78, 5) is 0. The van der Waals surface area contributed by atoms with Crippen molar-refractivity contribution in [2.24, 2.45) is 0 Å². The Hall–Kier alpha value is -1.49. The lowest BCUT2D eigenvalue weighted by Crippen LogP contribution is -2.31. The van der Waals surface area contributed by atoms with Crippen molar-refractivity contribution in [1.29, 1.82) is 0 Å². The molecule has 0 aliphatic heterocycles. The Morgan fingerprint density at radius 1 is 1.04 bits per heavy atom. The van der Waals surface area contributed by atoms with Gasteiger partial charge in [-0.15, -0.1) is 0 Å². The van der Waals surface area contributed by atoms with Gasteiger partial charge in [-0.1, -0.05) is 54.4 Å². The van der Waals surface area contributed by atoms with Crippen molar-refractivity contribution in [3.63, 3.8) is 0 Å². The van der Waals surface area contributed by atoms with Crippen LogP contribution in [0.2, 0.25) is 0 Å². The summed E-state index contributed by atoms with van der Waals surface area (Å²) >= 11 is 1.73. The van der Waals surface area contributed by atoms with Crippen LogP contribution in [0.1, 0.15) is 51.8 Å². The SMILES string of the molecule is CCOc1cccc([C@H](NSC(C)(C)C)[C@H](C)OCc2ccccc2)c1. The quantitative estimate of drug-likeness (QED) is 0.565. The highest BCUT2D eigenvalue weighted by Gasteiger charge is 2.23. The Balaban J connectivity index is 2.12. The summed E-state index contributed by atoms with van der Waals surface area (Å²) in [5, 5.41) is 0. The van der Waals surface area contributed by atoms with Crippen LogP contribution < -0.4 is 9.46 Å². The van der Waals surface area contributed by atoms with Gasteiger partial charge in [-0.3, -0.25) is 4.72 Å². The molecule has 0 radical (unpaired) electrons. The van der Waals surface area contributed by atoms with Crippen LogP contribution >= 0.6 is 11.9 Å². The molecule has 1 N–H and O–H groups in total. The number of hydrogen-bond acceptors (Lipinski definition) is 4. The summed E-state index contributed by atoms with van der Waals surface area (Å²) < 4.78 is 15.6. The maximum atomic E-state index is 6.19. The van der Waals surface area contributed by atoms with Gasteiger partial charge in [0.2, 0.25) is 0 Å². The van der Waals surface area contributed by atoms with Crippen LogP contribution in [0, 0.1) is 0 Å². The van der Waals surface area contributed by atoms with Crippen molar-refractivity contribution in [2.75, 3.05) is 6.61 Å². The second-order valence-electron chi connectivity index (χ2n) is 7.32. The van der Waals surface area contributed by atoms with Crippen LogP contribution in [0.25, 0.3) is 0 Å². The van der Waals surface area contributed by atoms with Crippen LogP contribution in [0.4, 0.5) is 0 Å². The highest BCUT2D eigenvalue weighted by Crippen LogP contribution is 2.29. The van der Waals surface area contributed by atoms with Gasteiger partial charge in [-0.2, -0.15) is 0 Å². The van der Waals surface area contributed by atoms with Crippen LogP contribution in [0.5, 0.6) is 5.75 Å². The molecule has 2 rings (SSSR count). The molecule has 0 aliphatic carbocycles. The summed E-state index contributed by atoms with van der Waals surface area (Å²) in [6, 6.07) is 18.6. The van der Waals surface area contributed by atoms with Gasteiger partial charge in [0, 0.05) is 4.75 Å². The minimum atomic E-state index is 0.0157. The van der Waals surface area contributed by atoms with Gasteiger partial charge in [-0.05, 0) is 57.9 Å². The molecule has 0 saturated carbocycles. The van der Waals surface area contributed by atoms with Crippen molar-refractivity contribution < 1.29 is 9.47 Å². The van der Waals surface area contributed by atoms with E-state index in [1.54, 1.807) is 11.9 Å². The lowest BCUT2D eigenvalue weighted by molar-refractivity contribution is 0.0324. The number of nitrogens with one attached hydrogen (secondary N) is 1. The number of ether oxygens (including phenoxy) is 2. The topological polar surface area (TPSA) is 30.5 Å². The molecule has 0 heterocycles. The lowest BCUT2D eigenvalue weighted by Gasteiger charge is -2.29. The van der Waals surface area contributed by atoms with Crippen LogP contribution in [0.3, 0.4) is 0 Å². The molecule has 3 nitrogen and oxygen atoms in total. The number of hydrogen-bond donors (Lipinski definition) is 1. The smallest absolute Gasteiger partial charge is 0.119 e.